The average Bonchev–Trinajstić information content (AvgIpc) is 3.24. The lowest BCUT2D eigenvalue weighted by atomic mass is 9.81. The Labute approximate surface area is 226 Å². The molecule has 36 heavy (non-hydrogen) atoms. The number of carbonyl (C=O) groups excluding carboxylic acids is 4. The largest absolute Gasteiger partial charge is 0.340 e. The van der Waals surface area contributed by atoms with Crippen LogP contribution in [0.1, 0.15) is 87.0 Å². The van der Waals surface area contributed by atoms with E-state index >= 15 is 0 Å². The highest BCUT2D eigenvalue weighted by Crippen LogP contribution is 2.37. The summed E-state index contributed by atoms with van der Waals surface area (Å²) >= 11 is 11.3. The lowest BCUT2D eigenvalue weighted by molar-refractivity contribution is -0.138. The van der Waals surface area contributed by atoms with Gasteiger partial charge in [0.25, 0.3) is 0 Å². The summed E-state index contributed by atoms with van der Waals surface area (Å²) in [7, 11) is 0. The summed E-state index contributed by atoms with van der Waals surface area (Å²) in [5, 5.41) is 0.754. The number of carbonyl (C=O) groups is 4. The van der Waals surface area contributed by atoms with E-state index in [-0.39, 0.29) is 61.1 Å². The van der Waals surface area contributed by atoms with Gasteiger partial charge in [-0.1, -0.05) is 34.6 Å². The second-order valence-corrected chi connectivity index (χ2v) is 12.4. The lowest BCUT2D eigenvalue weighted by Crippen LogP contribution is -2.60. The first-order chi connectivity index (χ1) is 16.6. The summed E-state index contributed by atoms with van der Waals surface area (Å²) in [6.07, 6.45) is 1.67. The van der Waals surface area contributed by atoms with Crippen molar-refractivity contribution in [3.05, 3.63) is 0 Å². The summed E-state index contributed by atoms with van der Waals surface area (Å²) in [6, 6.07) is 0. The molecular weight excluding hydrogens is 496 g/mol. The van der Waals surface area contributed by atoms with Crippen molar-refractivity contribution >= 4 is 58.0 Å². The van der Waals surface area contributed by atoms with Crippen LogP contribution in [0.25, 0.3) is 0 Å². The van der Waals surface area contributed by atoms with E-state index in [2.05, 4.69) is 20.8 Å². The fourth-order valence-electron chi connectivity index (χ4n) is 4.56. The Morgan fingerprint density at radius 1 is 0.750 bits per heavy atom. The van der Waals surface area contributed by atoms with Crippen molar-refractivity contribution in [2.45, 2.75) is 93.2 Å². The van der Waals surface area contributed by atoms with Gasteiger partial charge in [0.05, 0.1) is 13.1 Å². The van der Waals surface area contributed by atoms with Crippen molar-refractivity contribution in [3.63, 3.8) is 0 Å². The van der Waals surface area contributed by atoms with Crippen LogP contribution in [-0.2, 0) is 19.2 Å². The SMILES string of the molecule is CCN1CC(=O)N(C(N2C(=O)CN(CC)C2=S)C(C)(C)CCC(=O)CCC(=O)CCC(C)(C)C)C1=S. The molecule has 2 saturated heterocycles. The van der Waals surface area contributed by atoms with E-state index in [4.69, 9.17) is 24.4 Å². The maximum atomic E-state index is 13.1. The van der Waals surface area contributed by atoms with Gasteiger partial charge in [0.2, 0.25) is 11.8 Å². The van der Waals surface area contributed by atoms with Crippen LogP contribution in [0.4, 0.5) is 0 Å². The smallest absolute Gasteiger partial charge is 0.250 e. The van der Waals surface area contributed by atoms with Crippen LogP contribution in [0, 0.1) is 10.8 Å². The number of ketones is 2. The monoisotopic (exact) mass is 538 g/mol. The molecule has 0 spiro atoms. The molecule has 2 fully saturated rings. The summed E-state index contributed by atoms with van der Waals surface area (Å²) in [5.41, 5.74) is -0.598. The van der Waals surface area contributed by atoms with E-state index in [9.17, 15) is 19.2 Å². The fraction of sp³-hybridized carbons (Fsp3) is 0.769. The van der Waals surface area contributed by atoms with Crippen LogP contribution >= 0.6 is 24.4 Å². The maximum Gasteiger partial charge on any atom is 0.250 e. The number of nitrogens with zero attached hydrogens (tertiary/aromatic N) is 4. The van der Waals surface area contributed by atoms with E-state index in [1.807, 2.05) is 27.7 Å². The molecule has 2 heterocycles. The number of Topliss-reactive ketones (excluding diaryl/α,β-unsaturated/α-hetero) is 2. The van der Waals surface area contributed by atoms with E-state index in [1.165, 1.54) is 9.80 Å². The summed E-state index contributed by atoms with van der Waals surface area (Å²) < 4.78 is 0. The Bertz CT molecular complexity index is 870. The second-order valence-electron chi connectivity index (χ2n) is 11.6. The van der Waals surface area contributed by atoms with Gasteiger partial charge >= 0.3 is 0 Å². The van der Waals surface area contributed by atoms with Gasteiger partial charge < -0.3 is 9.80 Å². The lowest BCUT2D eigenvalue weighted by Gasteiger charge is -2.44. The van der Waals surface area contributed by atoms with E-state index in [0.717, 1.165) is 6.42 Å². The molecular formula is C26H42N4O4S2. The number of rotatable bonds is 13. The quantitative estimate of drug-likeness (QED) is 0.328. The van der Waals surface area contributed by atoms with Crippen molar-refractivity contribution in [2.75, 3.05) is 26.2 Å². The first-order valence-corrected chi connectivity index (χ1v) is 13.7. The normalized spacial score (nSPS) is 17.3. The Morgan fingerprint density at radius 3 is 1.47 bits per heavy atom. The van der Waals surface area contributed by atoms with Crippen molar-refractivity contribution in [1.82, 2.24) is 19.6 Å². The van der Waals surface area contributed by atoms with Crippen LogP contribution in [-0.4, -0.2) is 85.6 Å². The highest BCUT2D eigenvalue weighted by Gasteiger charge is 2.51. The van der Waals surface area contributed by atoms with Crippen molar-refractivity contribution in [2.24, 2.45) is 10.8 Å². The van der Waals surface area contributed by atoms with Gasteiger partial charge in [0.1, 0.15) is 17.7 Å². The molecule has 0 radical (unpaired) electrons. The zero-order valence-corrected chi connectivity index (χ0v) is 24.5. The van der Waals surface area contributed by atoms with Gasteiger partial charge in [-0.3, -0.25) is 29.0 Å². The van der Waals surface area contributed by atoms with E-state index < -0.39 is 11.6 Å². The Morgan fingerprint density at radius 2 is 1.14 bits per heavy atom. The molecule has 0 N–H and O–H groups in total. The molecule has 8 nitrogen and oxygen atoms in total. The van der Waals surface area contributed by atoms with Crippen LogP contribution in [0.3, 0.4) is 0 Å². The fourth-order valence-corrected chi connectivity index (χ4v) is 5.35. The third kappa shape index (κ3) is 7.31. The topological polar surface area (TPSA) is 81.2 Å². The first-order valence-electron chi connectivity index (χ1n) is 12.9. The molecule has 2 rings (SSSR count). The highest BCUT2D eigenvalue weighted by molar-refractivity contribution is 7.80. The zero-order chi connectivity index (χ0) is 27.4. The van der Waals surface area contributed by atoms with Gasteiger partial charge in [-0.2, -0.15) is 0 Å². The molecule has 0 aromatic heterocycles. The molecule has 0 aromatic rings. The van der Waals surface area contributed by atoms with Crippen molar-refractivity contribution < 1.29 is 19.2 Å². The molecule has 2 amide bonds. The molecule has 0 saturated carbocycles. The number of hydrogen-bond acceptors (Lipinski definition) is 6. The van der Waals surface area contributed by atoms with Gasteiger partial charge in [-0.15, -0.1) is 0 Å². The van der Waals surface area contributed by atoms with E-state index in [0.29, 0.717) is 36.2 Å². The molecule has 0 aliphatic carbocycles. The maximum absolute atomic E-state index is 13.1. The molecule has 10 heteroatoms. The van der Waals surface area contributed by atoms with Gasteiger partial charge in [0.15, 0.2) is 10.2 Å². The van der Waals surface area contributed by atoms with Crippen LogP contribution in [0.5, 0.6) is 0 Å². The third-order valence-electron chi connectivity index (χ3n) is 6.98. The predicted molar refractivity (Wildman–Crippen MR) is 148 cm³/mol. The predicted octanol–water partition coefficient (Wildman–Crippen LogP) is 3.76. The number of thiocarbonyl (C=S) groups is 2. The van der Waals surface area contributed by atoms with Crippen LogP contribution < -0.4 is 0 Å². The first kappa shape index (κ1) is 30.3. The summed E-state index contributed by atoms with van der Waals surface area (Å²) in [4.78, 5) is 57.8. The minimum atomic E-state index is -0.730. The van der Waals surface area contributed by atoms with Crippen LogP contribution in [0.15, 0.2) is 0 Å². The summed E-state index contributed by atoms with van der Waals surface area (Å²) in [5.74, 6) is -0.250. The Kier molecular flexibility index (Phi) is 10.2. The molecule has 2 aliphatic rings. The molecule has 202 valence electrons. The van der Waals surface area contributed by atoms with Crippen molar-refractivity contribution in [3.8, 4) is 0 Å². The Balaban J connectivity index is 2.17. The minimum absolute atomic E-state index is 0.00181. The highest BCUT2D eigenvalue weighted by atomic mass is 32.1. The third-order valence-corrected chi connectivity index (χ3v) is 7.89. The standard InChI is InChI=1S/C26H42N4O4S2/c1-8-27-16-20(33)29(23(27)35)22(30-21(34)17-28(9-2)24(30)36)26(6,7)15-13-19(32)11-10-18(31)12-14-25(3,4)5/h22H,8-17H2,1-7H3. The summed E-state index contributed by atoms with van der Waals surface area (Å²) in [6.45, 7) is 15.5. The molecule has 0 atom stereocenters. The number of likely N-dealkylation sites (N-methyl/N-ethyl adjacent to an activating group) is 2. The average molecular weight is 539 g/mol. The second kappa shape index (κ2) is 12.1. The molecule has 0 unspecified atom stereocenters. The Hall–Kier alpha value is -1.94. The van der Waals surface area contributed by atoms with Gasteiger partial charge in [-0.05, 0) is 56.5 Å². The number of amides is 2. The van der Waals surface area contributed by atoms with E-state index in [1.54, 1.807) is 9.80 Å². The minimum Gasteiger partial charge on any atom is -0.340 e. The molecule has 0 bridgehead atoms. The van der Waals surface area contributed by atoms with Crippen LogP contribution in [0.2, 0.25) is 0 Å². The zero-order valence-electron chi connectivity index (χ0n) is 22.9. The van der Waals surface area contributed by atoms with Crippen molar-refractivity contribution in [1.29, 1.82) is 0 Å². The number of hydrogen-bond donors (Lipinski definition) is 0. The van der Waals surface area contributed by atoms with Gasteiger partial charge in [-0.25, -0.2) is 0 Å². The van der Waals surface area contributed by atoms with Gasteiger partial charge in [0, 0.05) is 44.2 Å². The molecule has 2 aliphatic heterocycles. The molecule has 0 aromatic carbocycles.